The molecule has 2 fully saturated rings. The molecule has 1 aromatic rings. The Kier molecular flexibility index (Phi) is 4.75. The lowest BCUT2D eigenvalue weighted by molar-refractivity contribution is -0.142. The van der Waals surface area contributed by atoms with Crippen molar-refractivity contribution in [3.8, 4) is 0 Å². The van der Waals surface area contributed by atoms with Gasteiger partial charge in [0.1, 0.15) is 0 Å². The van der Waals surface area contributed by atoms with Crippen molar-refractivity contribution in [2.24, 2.45) is 11.8 Å². The van der Waals surface area contributed by atoms with Crippen LogP contribution in [0.25, 0.3) is 0 Å². The summed E-state index contributed by atoms with van der Waals surface area (Å²) in [5.74, 6) is -1.58. The van der Waals surface area contributed by atoms with E-state index in [2.05, 4.69) is 5.10 Å². The van der Waals surface area contributed by atoms with Gasteiger partial charge in [0.05, 0.1) is 12.0 Å². The molecule has 3 rings (SSSR count). The van der Waals surface area contributed by atoms with E-state index in [0.717, 1.165) is 6.07 Å². The molecule has 9 heteroatoms. The molecular weight excluding hydrogens is 339 g/mol. The van der Waals surface area contributed by atoms with Crippen LogP contribution in [0, 0.1) is 11.8 Å². The predicted octanol–water partition coefficient (Wildman–Crippen LogP) is 2.57. The largest absolute Gasteiger partial charge is 0.481 e. The first kappa shape index (κ1) is 17.8. The maximum atomic E-state index is 12.6. The van der Waals surface area contributed by atoms with Crippen molar-refractivity contribution in [2.75, 3.05) is 13.1 Å². The second-order valence-corrected chi connectivity index (χ2v) is 6.78. The molecule has 1 saturated heterocycles. The van der Waals surface area contributed by atoms with Crippen molar-refractivity contribution in [1.29, 1.82) is 0 Å². The number of halogens is 3. The maximum Gasteiger partial charge on any atom is 0.435 e. The highest BCUT2D eigenvalue weighted by atomic mass is 19.4. The second-order valence-electron chi connectivity index (χ2n) is 6.78. The molecule has 2 atom stereocenters. The second kappa shape index (κ2) is 6.68. The van der Waals surface area contributed by atoms with Gasteiger partial charge < -0.3 is 10.0 Å². The normalized spacial score (nSPS) is 25.3. The third-order valence-corrected chi connectivity index (χ3v) is 5.18. The van der Waals surface area contributed by atoms with Gasteiger partial charge in [-0.3, -0.25) is 14.3 Å². The van der Waals surface area contributed by atoms with Gasteiger partial charge in [0, 0.05) is 25.2 Å². The van der Waals surface area contributed by atoms with Crippen LogP contribution in [-0.4, -0.2) is 44.8 Å². The summed E-state index contributed by atoms with van der Waals surface area (Å²) in [6.45, 7) is 0.915. The lowest BCUT2D eigenvalue weighted by Crippen LogP contribution is -2.42. The van der Waals surface area contributed by atoms with Crippen LogP contribution in [-0.2, 0) is 15.8 Å². The van der Waals surface area contributed by atoms with Gasteiger partial charge in [0.15, 0.2) is 5.69 Å². The van der Waals surface area contributed by atoms with Crippen LogP contribution >= 0.6 is 0 Å². The zero-order valence-electron chi connectivity index (χ0n) is 13.6. The van der Waals surface area contributed by atoms with Gasteiger partial charge in [-0.2, -0.15) is 18.3 Å². The summed E-state index contributed by atoms with van der Waals surface area (Å²) in [6, 6.07) is 0.803. The van der Waals surface area contributed by atoms with Crippen LogP contribution in [0.2, 0.25) is 0 Å². The number of hydrogen-bond donors (Lipinski definition) is 1. The van der Waals surface area contributed by atoms with E-state index >= 15 is 0 Å². The van der Waals surface area contributed by atoms with Crippen LogP contribution in [0.4, 0.5) is 13.2 Å². The Balaban J connectivity index is 1.54. The molecule has 0 unspecified atom stereocenters. The number of alkyl halides is 3. The molecule has 1 amide bonds. The van der Waals surface area contributed by atoms with Gasteiger partial charge in [0.2, 0.25) is 5.91 Å². The third kappa shape index (κ3) is 3.80. The maximum absolute atomic E-state index is 12.6. The Morgan fingerprint density at radius 2 is 1.76 bits per heavy atom. The van der Waals surface area contributed by atoms with Gasteiger partial charge in [-0.05, 0) is 38.2 Å². The number of nitrogens with zero attached hydrogens (tertiary/aromatic N) is 3. The molecule has 1 aliphatic carbocycles. The first-order chi connectivity index (χ1) is 11.8. The minimum Gasteiger partial charge on any atom is -0.481 e. The Morgan fingerprint density at radius 3 is 2.28 bits per heavy atom. The summed E-state index contributed by atoms with van der Waals surface area (Å²) in [5, 5.41) is 12.6. The van der Waals surface area contributed by atoms with Crippen molar-refractivity contribution in [3.05, 3.63) is 18.0 Å². The van der Waals surface area contributed by atoms with E-state index < -0.39 is 23.8 Å². The van der Waals surface area contributed by atoms with Crippen molar-refractivity contribution >= 4 is 11.9 Å². The smallest absolute Gasteiger partial charge is 0.435 e. The zero-order valence-corrected chi connectivity index (χ0v) is 13.6. The monoisotopic (exact) mass is 359 g/mol. The molecule has 25 heavy (non-hydrogen) atoms. The van der Waals surface area contributed by atoms with Gasteiger partial charge in [-0.15, -0.1) is 0 Å². The van der Waals surface area contributed by atoms with Gasteiger partial charge in [-0.25, -0.2) is 0 Å². The molecule has 2 aliphatic rings. The molecule has 138 valence electrons. The Hall–Kier alpha value is -2.06. The summed E-state index contributed by atoms with van der Waals surface area (Å²) in [4.78, 5) is 25.2. The highest BCUT2D eigenvalue weighted by Gasteiger charge is 2.38. The number of carbonyl (C=O) groups excluding carboxylic acids is 1. The number of aliphatic carboxylic acids is 1. The summed E-state index contributed by atoms with van der Waals surface area (Å²) in [7, 11) is 0. The molecule has 2 heterocycles. The highest BCUT2D eigenvalue weighted by Crippen LogP contribution is 2.34. The summed E-state index contributed by atoms with van der Waals surface area (Å²) in [5.41, 5.74) is -0.906. The van der Waals surface area contributed by atoms with E-state index in [0.29, 0.717) is 45.2 Å². The number of piperidine rings is 1. The zero-order chi connectivity index (χ0) is 18.2. The number of aromatic nitrogens is 2. The minimum absolute atomic E-state index is 0.0290. The predicted molar refractivity (Wildman–Crippen MR) is 80.5 cm³/mol. The van der Waals surface area contributed by atoms with E-state index in [1.165, 1.54) is 10.9 Å². The molecule has 6 nitrogen and oxygen atoms in total. The SMILES string of the molecule is O=C(O)[C@@H]1CC[C@H](C(=O)N2CCC(n3ccc(C(F)(F)F)n3)CC2)C1. The number of carboxylic acid groups (broad SMARTS) is 1. The summed E-state index contributed by atoms with van der Waals surface area (Å²) >= 11 is 0. The summed E-state index contributed by atoms with van der Waals surface area (Å²) < 4.78 is 39.2. The van der Waals surface area contributed by atoms with Crippen LogP contribution in [0.1, 0.15) is 43.8 Å². The number of rotatable bonds is 3. The number of likely N-dealkylation sites (tertiary alicyclic amines) is 1. The Morgan fingerprint density at radius 1 is 1.12 bits per heavy atom. The van der Waals surface area contributed by atoms with Crippen LogP contribution in [0.5, 0.6) is 0 Å². The Labute approximate surface area is 142 Å². The van der Waals surface area contributed by atoms with Crippen LogP contribution in [0.15, 0.2) is 12.3 Å². The van der Waals surface area contributed by atoms with E-state index in [-0.39, 0.29) is 17.9 Å². The fraction of sp³-hybridized carbons (Fsp3) is 0.688. The molecule has 0 aromatic carbocycles. The third-order valence-electron chi connectivity index (χ3n) is 5.18. The van der Waals surface area contributed by atoms with Crippen molar-refractivity contribution in [3.63, 3.8) is 0 Å². The lowest BCUT2D eigenvalue weighted by atomic mass is 10.00. The molecule has 1 saturated carbocycles. The van der Waals surface area contributed by atoms with Crippen molar-refractivity contribution < 1.29 is 27.9 Å². The highest BCUT2D eigenvalue weighted by molar-refractivity contribution is 5.81. The topological polar surface area (TPSA) is 75.4 Å². The first-order valence-corrected chi connectivity index (χ1v) is 8.39. The molecule has 1 N–H and O–H groups in total. The quantitative estimate of drug-likeness (QED) is 0.900. The number of carbonyl (C=O) groups is 2. The number of amides is 1. The molecule has 1 aliphatic heterocycles. The number of hydrogen-bond acceptors (Lipinski definition) is 3. The number of carboxylic acids is 1. The van der Waals surface area contributed by atoms with Crippen molar-refractivity contribution in [2.45, 2.75) is 44.3 Å². The average Bonchev–Trinajstić information content (AvgIpc) is 3.23. The average molecular weight is 359 g/mol. The lowest BCUT2D eigenvalue weighted by Gasteiger charge is -2.33. The van der Waals surface area contributed by atoms with E-state index in [1.807, 2.05) is 0 Å². The summed E-state index contributed by atoms with van der Waals surface area (Å²) in [6.07, 6.45) is -0.550. The molecule has 0 bridgehead atoms. The van der Waals surface area contributed by atoms with Gasteiger partial charge >= 0.3 is 12.1 Å². The Bertz CT molecular complexity index is 651. The van der Waals surface area contributed by atoms with Crippen LogP contribution in [0.3, 0.4) is 0 Å². The molecule has 1 aromatic heterocycles. The van der Waals surface area contributed by atoms with E-state index in [1.54, 1.807) is 4.90 Å². The van der Waals surface area contributed by atoms with Gasteiger partial charge in [-0.1, -0.05) is 0 Å². The van der Waals surface area contributed by atoms with Crippen molar-refractivity contribution in [1.82, 2.24) is 14.7 Å². The van der Waals surface area contributed by atoms with Gasteiger partial charge in [0.25, 0.3) is 0 Å². The minimum atomic E-state index is -4.45. The fourth-order valence-electron chi connectivity index (χ4n) is 3.73. The van der Waals surface area contributed by atoms with Crippen LogP contribution < -0.4 is 0 Å². The molecule has 0 spiro atoms. The standard InChI is InChI=1S/C16H20F3N3O3/c17-16(18,19)13-5-8-22(20-13)12-3-6-21(7-4-12)14(23)10-1-2-11(9-10)15(24)25/h5,8,10-12H,1-4,6-7,9H2,(H,24,25)/t10-,11+/m0/s1. The molecular formula is C16H20F3N3O3. The van der Waals surface area contributed by atoms with E-state index in [4.69, 9.17) is 5.11 Å². The molecule has 0 radical (unpaired) electrons. The fourth-order valence-corrected chi connectivity index (χ4v) is 3.73. The van der Waals surface area contributed by atoms with E-state index in [9.17, 15) is 22.8 Å². The first-order valence-electron chi connectivity index (χ1n) is 8.39.